The van der Waals surface area contributed by atoms with Crippen LogP contribution >= 0.6 is 0 Å². The van der Waals surface area contributed by atoms with E-state index in [1.165, 1.54) is 27.2 Å². The fourth-order valence-corrected chi connectivity index (χ4v) is 3.69. The molecule has 0 spiro atoms. The average molecular weight is 482 g/mol. The highest BCUT2D eigenvalue weighted by Crippen LogP contribution is 2.35. The van der Waals surface area contributed by atoms with Gasteiger partial charge < -0.3 is 29.1 Å². The Labute approximate surface area is 202 Å². The zero-order chi connectivity index (χ0) is 25.5. The molecule has 184 valence electrons. The molecule has 35 heavy (non-hydrogen) atoms. The molecule has 0 aliphatic carbocycles. The Hall–Kier alpha value is -4.27. The number of ether oxygens (including phenoxy) is 3. The maximum Gasteiger partial charge on any atom is 0.343 e. The number of esters is 1. The number of hydrogen-bond acceptors (Lipinski definition) is 8. The van der Waals surface area contributed by atoms with Gasteiger partial charge in [-0.3, -0.25) is 9.59 Å². The Bertz CT molecular complexity index is 1260. The molecule has 1 atom stereocenters. The molecular weight excluding hydrogens is 454 g/mol. The van der Waals surface area contributed by atoms with Crippen LogP contribution in [0, 0.1) is 6.92 Å². The van der Waals surface area contributed by atoms with Crippen LogP contribution in [0.3, 0.4) is 0 Å². The highest BCUT2D eigenvalue weighted by molar-refractivity contribution is 5.88. The smallest absolute Gasteiger partial charge is 0.343 e. The minimum absolute atomic E-state index is 0.0356. The number of carbonyl (C=O) groups is 2. The number of methoxy groups -OCH3 is 2. The third kappa shape index (κ3) is 6.41. The van der Waals surface area contributed by atoms with Crippen LogP contribution < -0.4 is 20.4 Å². The van der Waals surface area contributed by atoms with Gasteiger partial charge in [-0.1, -0.05) is 6.07 Å². The summed E-state index contributed by atoms with van der Waals surface area (Å²) in [6, 6.07) is 13.4. The van der Waals surface area contributed by atoms with Crippen LogP contribution in [0.4, 0.5) is 5.69 Å². The molecule has 0 fully saturated rings. The number of aryl methyl sites for hydroxylation is 1. The molecule has 0 saturated heterocycles. The summed E-state index contributed by atoms with van der Waals surface area (Å²) in [6.45, 7) is 3.10. The Morgan fingerprint density at radius 1 is 1.09 bits per heavy atom. The van der Waals surface area contributed by atoms with Gasteiger partial charge in [-0.05, 0) is 48.9 Å². The van der Waals surface area contributed by atoms with E-state index in [1.807, 2.05) is 0 Å². The molecule has 3 aromatic rings. The standard InChI is InChI=1S/C26H27NO8/c1-15-11-22(29)25(26(31)35-15)21(13-24(30)33-4)17-5-10-23(32-3)18(12-17)14-34-20-8-6-19(7-9-20)27-16(2)28/h5-12,21,29H,13-14H2,1-4H3,(H,27,28)/t21-/m1/s1. The minimum Gasteiger partial charge on any atom is -0.507 e. The molecule has 0 aliphatic rings. The molecule has 0 aliphatic heterocycles. The normalized spacial score (nSPS) is 11.4. The van der Waals surface area contributed by atoms with Crippen LogP contribution in [0.5, 0.6) is 17.2 Å². The highest BCUT2D eigenvalue weighted by atomic mass is 16.5. The van der Waals surface area contributed by atoms with Gasteiger partial charge in [-0.25, -0.2) is 4.79 Å². The average Bonchev–Trinajstić information content (AvgIpc) is 2.81. The lowest BCUT2D eigenvalue weighted by Gasteiger charge is -2.19. The van der Waals surface area contributed by atoms with Crippen molar-refractivity contribution in [2.45, 2.75) is 32.8 Å². The number of nitrogens with one attached hydrogen (secondary N) is 1. The van der Waals surface area contributed by atoms with Gasteiger partial charge in [0.2, 0.25) is 5.91 Å². The second kappa shape index (κ2) is 11.2. The van der Waals surface area contributed by atoms with E-state index in [1.54, 1.807) is 49.4 Å². The molecule has 2 N–H and O–H groups in total. The van der Waals surface area contributed by atoms with Crippen LogP contribution in [-0.4, -0.2) is 31.2 Å². The SMILES string of the molecule is COC(=O)C[C@H](c1ccc(OC)c(COc2ccc(NC(C)=O)cc2)c1)c1c(O)cc(C)oc1=O. The molecule has 0 bridgehead atoms. The van der Waals surface area contributed by atoms with Crippen LogP contribution in [0.15, 0.2) is 57.7 Å². The zero-order valence-corrected chi connectivity index (χ0v) is 19.9. The van der Waals surface area contributed by atoms with E-state index in [9.17, 15) is 19.5 Å². The summed E-state index contributed by atoms with van der Waals surface area (Å²) in [4.78, 5) is 36.0. The Morgan fingerprint density at radius 2 is 1.80 bits per heavy atom. The molecule has 2 aromatic carbocycles. The van der Waals surface area contributed by atoms with E-state index in [4.69, 9.17) is 18.6 Å². The lowest BCUT2D eigenvalue weighted by atomic mass is 9.88. The van der Waals surface area contributed by atoms with Crippen molar-refractivity contribution in [3.8, 4) is 17.2 Å². The minimum atomic E-state index is -0.819. The van der Waals surface area contributed by atoms with Gasteiger partial charge in [0, 0.05) is 30.2 Å². The summed E-state index contributed by atoms with van der Waals surface area (Å²) in [5, 5.41) is 13.2. The van der Waals surface area contributed by atoms with Crippen molar-refractivity contribution >= 4 is 17.6 Å². The Balaban J connectivity index is 1.94. The number of carbonyl (C=O) groups excluding carboxylic acids is 2. The molecule has 9 nitrogen and oxygen atoms in total. The summed E-state index contributed by atoms with van der Waals surface area (Å²) < 4.78 is 21.3. The van der Waals surface area contributed by atoms with Crippen LogP contribution in [0.25, 0.3) is 0 Å². The van der Waals surface area contributed by atoms with Crippen molar-refractivity contribution in [2.24, 2.45) is 0 Å². The molecule has 3 rings (SSSR count). The summed E-state index contributed by atoms with van der Waals surface area (Å²) >= 11 is 0. The molecule has 1 aromatic heterocycles. The third-order valence-corrected chi connectivity index (χ3v) is 5.31. The summed E-state index contributed by atoms with van der Waals surface area (Å²) in [7, 11) is 2.77. The van der Waals surface area contributed by atoms with Crippen molar-refractivity contribution in [1.82, 2.24) is 0 Å². The first kappa shape index (κ1) is 25.4. The maximum atomic E-state index is 12.6. The summed E-state index contributed by atoms with van der Waals surface area (Å²) in [6.07, 6.45) is -0.185. The molecule has 0 unspecified atom stereocenters. The predicted octanol–water partition coefficient (Wildman–Crippen LogP) is 3.89. The van der Waals surface area contributed by atoms with Gasteiger partial charge in [0.15, 0.2) is 0 Å². The number of amides is 1. The topological polar surface area (TPSA) is 124 Å². The molecule has 0 saturated carbocycles. The van der Waals surface area contributed by atoms with Crippen LogP contribution in [-0.2, 0) is 20.9 Å². The Kier molecular flexibility index (Phi) is 8.14. The molecule has 0 radical (unpaired) electrons. The van der Waals surface area contributed by atoms with E-state index >= 15 is 0 Å². The van der Waals surface area contributed by atoms with Gasteiger partial charge >= 0.3 is 11.6 Å². The van der Waals surface area contributed by atoms with Gasteiger partial charge in [-0.2, -0.15) is 0 Å². The lowest BCUT2D eigenvalue weighted by Crippen LogP contribution is -2.18. The number of hydrogen-bond donors (Lipinski definition) is 2. The quantitative estimate of drug-likeness (QED) is 0.441. The number of aromatic hydroxyl groups is 1. The molecule has 9 heteroatoms. The van der Waals surface area contributed by atoms with E-state index in [2.05, 4.69) is 5.32 Å². The first-order valence-electron chi connectivity index (χ1n) is 10.8. The monoisotopic (exact) mass is 481 g/mol. The summed E-state index contributed by atoms with van der Waals surface area (Å²) in [5.41, 5.74) is 1.10. The predicted molar refractivity (Wildman–Crippen MR) is 128 cm³/mol. The van der Waals surface area contributed by atoms with Gasteiger partial charge in [0.1, 0.15) is 29.6 Å². The van der Waals surface area contributed by atoms with Crippen molar-refractivity contribution in [2.75, 3.05) is 19.5 Å². The fraction of sp³-hybridized carbons (Fsp3) is 0.269. The molecular formula is C26H27NO8. The fourth-order valence-electron chi connectivity index (χ4n) is 3.69. The largest absolute Gasteiger partial charge is 0.507 e. The van der Waals surface area contributed by atoms with Crippen molar-refractivity contribution in [3.05, 3.63) is 81.4 Å². The van der Waals surface area contributed by atoms with E-state index in [0.717, 1.165) is 0 Å². The first-order chi connectivity index (χ1) is 16.7. The van der Waals surface area contributed by atoms with Crippen molar-refractivity contribution < 1.29 is 33.3 Å². The second-order valence-electron chi connectivity index (χ2n) is 7.84. The lowest BCUT2D eigenvalue weighted by molar-refractivity contribution is -0.140. The molecule has 1 heterocycles. The van der Waals surface area contributed by atoms with Crippen molar-refractivity contribution in [1.29, 1.82) is 0 Å². The van der Waals surface area contributed by atoms with Gasteiger partial charge in [0.25, 0.3) is 0 Å². The van der Waals surface area contributed by atoms with Gasteiger partial charge in [-0.15, -0.1) is 0 Å². The summed E-state index contributed by atoms with van der Waals surface area (Å²) in [5.74, 6) is -0.449. The Morgan fingerprint density at radius 3 is 2.40 bits per heavy atom. The highest BCUT2D eigenvalue weighted by Gasteiger charge is 2.27. The number of rotatable bonds is 9. The third-order valence-electron chi connectivity index (χ3n) is 5.31. The zero-order valence-electron chi connectivity index (χ0n) is 19.9. The van der Waals surface area contributed by atoms with E-state index in [-0.39, 0.29) is 36.0 Å². The van der Waals surface area contributed by atoms with Crippen LogP contribution in [0.2, 0.25) is 0 Å². The van der Waals surface area contributed by atoms with Gasteiger partial charge in [0.05, 0.1) is 26.2 Å². The second-order valence-corrected chi connectivity index (χ2v) is 7.84. The van der Waals surface area contributed by atoms with Crippen molar-refractivity contribution in [3.63, 3.8) is 0 Å². The number of anilines is 1. The maximum absolute atomic E-state index is 12.6. The first-order valence-corrected chi connectivity index (χ1v) is 10.8. The number of benzene rings is 2. The van der Waals surface area contributed by atoms with Crippen LogP contribution in [0.1, 0.15) is 41.7 Å². The molecule has 1 amide bonds. The van der Waals surface area contributed by atoms with E-state index < -0.39 is 17.5 Å². The van der Waals surface area contributed by atoms with E-state index in [0.29, 0.717) is 28.3 Å².